The lowest BCUT2D eigenvalue weighted by Gasteiger charge is -2.17. The molecule has 0 bridgehead atoms. The smallest absolute Gasteiger partial charge is 0.265 e. The second-order valence-electron chi connectivity index (χ2n) is 4.66. The van der Waals surface area contributed by atoms with Crippen molar-refractivity contribution in [3.8, 4) is 5.75 Å². The van der Waals surface area contributed by atoms with Crippen LogP contribution in [0.3, 0.4) is 0 Å². The van der Waals surface area contributed by atoms with Gasteiger partial charge in [0.2, 0.25) is 0 Å². The van der Waals surface area contributed by atoms with Gasteiger partial charge < -0.3 is 15.0 Å². The number of carbonyl (C=O) groups is 1. The quantitative estimate of drug-likeness (QED) is 0.675. The minimum absolute atomic E-state index is 0.0272. The van der Waals surface area contributed by atoms with Crippen LogP contribution >= 0.6 is 11.3 Å². The maximum atomic E-state index is 11.9. The van der Waals surface area contributed by atoms with Crippen molar-refractivity contribution in [2.75, 3.05) is 33.3 Å². The Balaban J connectivity index is 2.14. The molecule has 5 heteroatoms. The average molecular weight is 298 g/mol. The molecule has 0 spiro atoms. The highest BCUT2D eigenvalue weighted by Crippen LogP contribution is 2.23. The topological polar surface area (TPSA) is 41.6 Å². The van der Waals surface area contributed by atoms with E-state index in [1.54, 1.807) is 7.11 Å². The van der Waals surface area contributed by atoms with E-state index < -0.39 is 0 Å². The zero-order valence-corrected chi connectivity index (χ0v) is 13.6. The Labute approximate surface area is 126 Å². The summed E-state index contributed by atoms with van der Waals surface area (Å²) in [5, 5.41) is 4.83. The molecule has 114 valence electrons. The molecule has 1 rings (SSSR count). The Morgan fingerprint density at radius 3 is 2.70 bits per heavy atom. The Morgan fingerprint density at radius 1 is 1.30 bits per heavy atom. The molecule has 0 aliphatic carbocycles. The molecule has 1 aromatic rings. The van der Waals surface area contributed by atoms with Crippen LogP contribution in [0, 0.1) is 0 Å². The van der Waals surface area contributed by atoms with Gasteiger partial charge in [0.15, 0.2) is 0 Å². The van der Waals surface area contributed by atoms with Gasteiger partial charge in [0.1, 0.15) is 10.6 Å². The van der Waals surface area contributed by atoms with Gasteiger partial charge in [-0.3, -0.25) is 4.79 Å². The number of rotatable bonds is 10. The maximum absolute atomic E-state index is 11.9. The van der Waals surface area contributed by atoms with Crippen molar-refractivity contribution < 1.29 is 9.53 Å². The van der Waals surface area contributed by atoms with Crippen molar-refractivity contribution in [2.24, 2.45) is 0 Å². The zero-order valence-electron chi connectivity index (χ0n) is 12.8. The molecule has 0 fully saturated rings. The predicted molar refractivity (Wildman–Crippen MR) is 84.8 cm³/mol. The van der Waals surface area contributed by atoms with Crippen LogP contribution in [0.5, 0.6) is 5.75 Å². The van der Waals surface area contributed by atoms with Gasteiger partial charge in [-0.2, -0.15) is 0 Å². The third-order valence-electron chi connectivity index (χ3n) is 3.39. The molecule has 1 N–H and O–H groups in total. The van der Waals surface area contributed by atoms with Gasteiger partial charge in [-0.15, -0.1) is 11.3 Å². The lowest BCUT2D eigenvalue weighted by molar-refractivity contribution is 0.0954. The van der Waals surface area contributed by atoms with Crippen LogP contribution in [0.15, 0.2) is 11.4 Å². The minimum atomic E-state index is -0.0272. The molecule has 0 aromatic carbocycles. The molecule has 0 radical (unpaired) electrons. The lowest BCUT2D eigenvalue weighted by atomic mass is 10.2. The van der Waals surface area contributed by atoms with Gasteiger partial charge in [-0.25, -0.2) is 0 Å². The average Bonchev–Trinajstić information content (AvgIpc) is 2.95. The number of carbonyl (C=O) groups excluding carboxylic acids is 1. The lowest BCUT2D eigenvalue weighted by Crippen LogP contribution is -2.25. The Kier molecular flexibility index (Phi) is 8.30. The van der Waals surface area contributed by atoms with E-state index in [-0.39, 0.29) is 5.91 Å². The normalized spacial score (nSPS) is 10.8. The molecule has 0 unspecified atom stereocenters. The summed E-state index contributed by atoms with van der Waals surface area (Å²) in [4.78, 5) is 15.0. The fraction of sp³-hybridized carbons (Fsp3) is 0.667. The third-order valence-corrected chi connectivity index (χ3v) is 4.28. The number of ether oxygens (including phenoxy) is 1. The number of unbranched alkanes of at least 4 members (excludes halogenated alkanes) is 2. The Hall–Kier alpha value is -1.07. The summed E-state index contributed by atoms with van der Waals surface area (Å²) in [6.07, 6.45) is 3.37. The standard InChI is InChI=1S/C15H26N2O2S/c1-4-17(5-2)11-8-6-7-10-16-15(18)14-13(19-3)9-12-20-14/h9,12H,4-8,10-11H2,1-3H3,(H,16,18). The van der Waals surface area contributed by atoms with E-state index in [2.05, 4.69) is 24.1 Å². The van der Waals surface area contributed by atoms with Crippen molar-refractivity contribution in [2.45, 2.75) is 33.1 Å². The molecule has 0 atom stereocenters. The van der Waals surface area contributed by atoms with Crippen LogP contribution in [0.2, 0.25) is 0 Å². The van der Waals surface area contributed by atoms with E-state index in [1.807, 2.05) is 11.4 Å². The van der Waals surface area contributed by atoms with Gasteiger partial charge in [-0.05, 0) is 43.9 Å². The Bertz CT molecular complexity index is 389. The van der Waals surface area contributed by atoms with Crippen molar-refractivity contribution in [3.05, 3.63) is 16.3 Å². The highest BCUT2D eigenvalue weighted by atomic mass is 32.1. The molecule has 0 saturated heterocycles. The van der Waals surface area contributed by atoms with Gasteiger partial charge >= 0.3 is 0 Å². The Morgan fingerprint density at radius 2 is 2.05 bits per heavy atom. The van der Waals surface area contributed by atoms with Gasteiger partial charge in [0, 0.05) is 6.54 Å². The summed E-state index contributed by atoms with van der Waals surface area (Å²) >= 11 is 1.42. The summed E-state index contributed by atoms with van der Waals surface area (Å²) in [5.74, 6) is 0.634. The molecular formula is C15H26N2O2S. The van der Waals surface area contributed by atoms with Crippen molar-refractivity contribution in [1.29, 1.82) is 0 Å². The number of methoxy groups -OCH3 is 1. The number of hydrogen-bond acceptors (Lipinski definition) is 4. The van der Waals surface area contributed by atoms with E-state index >= 15 is 0 Å². The first-order chi connectivity index (χ1) is 9.72. The van der Waals surface area contributed by atoms with Crippen molar-refractivity contribution in [3.63, 3.8) is 0 Å². The summed E-state index contributed by atoms with van der Waals surface area (Å²) in [7, 11) is 1.59. The van der Waals surface area contributed by atoms with Crippen molar-refractivity contribution in [1.82, 2.24) is 10.2 Å². The molecule has 0 aliphatic rings. The van der Waals surface area contributed by atoms with Crippen LogP contribution in [0.1, 0.15) is 42.8 Å². The monoisotopic (exact) mass is 298 g/mol. The van der Waals surface area contributed by atoms with Crippen LogP contribution in [-0.2, 0) is 0 Å². The van der Waals surface area contributed by atoms with E-state index in [0.717, 1.165) is 39.0 Å². The fourth-order valence-electron chi connectivity index (χ4n) is 2.08. The SMILES string of the molecule is CCN(CC)CCCCCNC(=O)c1sccc1OC. The van der Waals surface area contributed by atoms with E-state index in [1.165, 1.54) is 17.8 Å². The molecule has 1 aromatic heterocycles. The van der Waals surface area contributed by atoms with Crippen molar-refractivity contribution >= 4 is 17.2 Å². The summed E-state index contributed by atoms with van der Waals surface area (Å²) in [6, 6.07) is 1.82. The first kappa shape index (κ1) is 17.0. The van der Waals surface area contributed by atoms with Gasteiger partial charge in [-0.1, -0.05) is 20.3 Å². The maximum Gasteiger partial charge on any atom is 0.265 e. The number of nitrogens with one attached hydrogen (secondary N) is 1. The van der Waals surface area contributed by atoms with Gasteiger partial charge in [0.05, 0.1) is 7.11 Å². The molecule has 4 nitrogen and oxygen atoms in total. The van der Waals surface area contributed by atoms with Crippen LogP contribution < -0.4 is 10.1 Å². The molecular weight excluding hydrogens is 272 g/mol. The van der Waals surface area contributed by atoms with Crippen LogP contribution in [-0.4, -0.2) is 44.1 Å². The number of amides is 1. The summed E-state index contributed by atoms with van der Waals surface area (Å²) in [6.45, 7) is 8.50. The first-order valence-corrected chi connectivity index (χ1v) is 8.22. The number of hydrogen-bond donors (Lipinski definition) is 1. The molecule has 20 heavy (non-hydrogen) atoms. The molecule has 1 amide bonds. The van der Waals surface area contributed by atoms with Crippen LogP contribution in [0.25, 0.3) is 0 Å². The largest absolute Gasteiger partial charge is 0.495 e. The minimum Gasteiger partial charge on any atom is -0.495 e. The predicted octanol–water partition coefficient (Wildman–Crippen LogP) is 3.00. The molecule has 0 aliphatic heterocycles. The zero-order chi connectivity index (χ0) is 14.8. The second kappa shape index (κ2) is 9.77. The van der Waals surface area contributed by atoms with E-state index in [4.69, 9.17) is 4.74 Å². The molecule has 0 saturated carbocycles. The highest BCUT2D eigenvalue weighted by Gasteiger charge is 2.12. The van der Waals surface area contributed by atoms with E-state index in [9.17, 15) is 4.79 Å². The third kappa shape index (κ3) is 5.51. The highest BCUT2D eigenvalue weighted by molar-refractivity contribution is 7.12. The first-order valence-electron chi connectivity index (χ1n) is 7.34. The second-order valence-corrected chi connectivity index (χ2v) is 5.58. The van der Waals surface area contributed by atoms with Gasteiger partial charge in [0.25, 0.3) is 5.91 Å². The fourth-order valence-corrected chi connectivity index (χ4v) is 2.86. The number of thiophene rings is 1. The number of nitrogens with zero attached hydrogens (tertiary/aromatic N) is 1. The van der Waals surface area contributed by atoms with E-state index in [0.29, 0.717) is 10.6 Å². The summed E-state index contributed by atoms with van der Waals surface area (Å²) < 4.78 is 5.15. The molecule has 1 heterocycles. The summed E-state index contributed by atoms with van der Waals surface area (Å²) in [5.41, 5.74) is 0. The van der Waals surface area contributed by atoms with Crippen LogP contribution in [0.4, 0.5) is 0 Å².